The summed E-state index contributed by atoms with van der Waals surface area (Å²) in [5.74, 6) is -0.454. The molecule has 0 aliphatic carbocycles. The van der Waals surface area contributed by atoms with Gasteiger partial charge in [0.2, 0.25) is 5.91 Å². The number of hydrogen-bond donors (Lipinski definition) is 1. The molecule has 0 radical (unpaired) electrons. The molecule has 13 heteroatoms. The lowest BCUT2D eigenvalue weighted by Gasteiger charge is -2.15. The van der Waals surface area contributed by atoms with Crippen molar-refractivity contribution in [2.45, 2.75) is 38.6 Å². The third-order valence-corrected chi connectivity index (χ3v) is 7.42. The van der Waals surface area contributed by atoms with Gasteiger partial charge in [-0.3, -0.25) is 4.79 Å². The lowest BCUT2D eigenvalue weighted by atomic mass is 10.1. The quantitative estimate of drug-likeness (QED) is 0.280. The van der Waals surface area contributed by atoms with Gasteiger partial charge >= 0.3 is 11.9 Å². The Bertz CT molecular complexity index is 1280. The van der Waals surface area contributed by atoms with E-state index in [0.717, 1.165) is 11.3 Å². The zero-order valence-electron chi connectivity index (χ0n) is 20.3. The molecule has 1 atom stereocenters. The largest absolute Gasteiger partial charge is 0.483 e. The van der Waals surface area contributed by atoms with Crippen LogP contribution in [-0.4, -0.2) is 52.6 Å². The number of rotatable bonds is 10. The maximum absolute atomic E-state index is 12.7. The maximum atomic E-state index is 12.7. The van der Waals surface area contributed by atoms with Crippen LogP contribution in [0.5, 0.6) is 5.75 Å². The number of hydrogen-bond acceptors (Lipinski definition) is 10. The summed E-state index contributed by atoms with van der Waals surface area (Å²) in [5.41, 5.74) is 0.498. The van der Waals surface area contributed by atoms with Gasteiger partial charge in [-0.2, -0.15) is 0 Å². The number of aromatic nitrogens is 3. The van der Waals surface area contributed by atoms with Crippen LogP contribution in [-0.2, 0) is 20.8 Å². The molecule has 1 N–H and O–H groups in total. The molecule has 3 aromatic rings. The molecule has 1 amide bonds. The second-order valence-corrected chi connectivity index (χ2v) is 9.78. The Morgan fingerprint density at radius 3 is 2.56 bits per heavy atom. The Balaban J connectivity index is 1.72. The highest BCUT2D eigenvalue weighted by molar-refractivity contribution is 7.99. The molecule has 1 unspecified atom stereocenters. The van der Waals surface area contributed by atoms with E-state index in [2.05, 4.69) is 15.5 Å². The minimum absolute atomic E-state index is 0.00716. The van der Waals surface area contributed by atoms with Crippen molar-refractivity contribution in [2.24, 2.45) is 0 Å². The Morgan fingerprint density at radius 1 is 1.19 bits per heavy atom. The van der Waals surface area contributed by atoms with Gasteiger partial charge in [0.1, 0.15) is 15.6 Å². The predicted molar refractivity (Wildman–Crippen MR) is 137 cm³/mol. The second kappa shape index (κ2) is 12.2. The van der Waals surface area contributed by atoms with E-state index < -0.39 is 23.9 Å². The van der Waals surface area contributed by atoms with Crippen LogP contribution in [0, 0.1) is 6.92 Å². The van der Waals surface area contributed by atoms with Crippen molar-refractivity contribution < 1.29 is 28.6 Å². The zero-order valence-corrected chi connectivity index (χ0v) is 22.7. The van der Waals surface area contributed by atoms with Crippen molar-refractivity contribution >= 4 is 57.5 Å². The van der Waals surface area contributed by atoms with E-state index in [1.807, 2.05) is 18.4 Å². The highest BCUT2D eigenvalue weighted by Gasteiger charge is 2.27. The first-order valence-electron chi connectivity index (χ1n) is 10.8. The minimum Gasteiger partial charge on any atom is -0.483 e. The zero-order chi connectivity index (χ0) is 26.4. The van der Waals surface area contributed by atoms with Crippen LogP contribution in [0.1, 0.15) is 51.4 Å². The highest BCUT2D eigenvalue weighted by Crippen LogP contribution is 2.34. The van der Waals surface area contributed by atoms with E-state index in [0.29, 0.717) is 33.9 Å². The summed E-state index contributed by atoms with van der Waals surface area (Å²) >= 11 is 8.17. The Morgan fingerprint density at radius 2 is 1.92 bits per heavy atom. The number of thiophene rings is 1. The van der Waals surface area contributed by atoms with Crippen LogP contribution < -0.4 is 10.1 Å². The van der Waals surface area contributed by atoms with Crippen molar-refractivity contribution in [3.8, 4) is 5.75 Å². The van der Waals surface area contributed by atoms with Crippen molar-refractivity contribution in [3.05, 3.63) is 51.1 Å². The molecule has 2 heterocycles. The topological polar surface area (TPSA) is 122 Å². The fraction of sp³-hybridized carbons (Fsp3) is 0.348. The Kier molecular flexibility index (Phi) is 9.35. The fourth-order valence-corrected chi connectivity index (χ4v) is 5.45. The summed E-state index contributed by atoms with van der Waals surface area (Å²) in [6.45, 7) is 5.95. The molecule has 0 aliphatic rings. The predicted octanol–water partition coefficient (Wildman–Crippen LogP) is 4.77. The Labute approximate surface area is 221 Å². The molecule has 3 rings (SSSR count). The monoisotopic (exact) mass is 552 g/mol. The van der Waals surface area contributed by atoms with Crippen LogP contribution in [0.3, 0.4) is 0 Å². The summed E-state index contributed by atoms with van der Waals surface area (Å²) in [7, 11) is 2.47. The molecular formula is C23H25ClN4O6S2. The van der Waals surface area contributed by atoms with E-state index in [9.17, 15) is 14.4 Å². The molecule has 192 valence electrons. The number of esters is 2. The van der Waals surface area contributed by atoms with Gasteiger partial charge in [-0.15, -0.1) is 21.5 Å². The maximum Gasteiger partial charge on any atom is 0.348 e. The number of nitrogens with zero attached hydrogens (tertiary/aromatic N) is 3. The summed E-state index contributed by atoms with van der Waals surface area (Å²) in [5, 5.41) is 12.5. The summed E-state index contributed by atoms with van der Waals surface area (Å²) in [6.07, 6.45) is -0.410. The van der Waals surface area contributed by atoms with Gasteiger partial charge in [-0.1, -0.05) is 29.4 Å². The molecule has 0 spiro atoms. The van der Waals surface area contributed by atoms with Crippen LogP contribution >= 0.6 is 34.7 Å². The molecule has 0 bridgehead atoms. The van der Waals surface area contributed by atoms with Crippen molar-refractivity contribution in [1.29, 1.82) is 0 Å². The average molecular weight is 553 g/mol. The number of ether oxygens (including phenoxy) is 3. The number of amides is 1. The molecule has 0 fully saturated rings. The molecule has 10 nitrogen and oxygen atoms in total. The number of halogens is 1. The van der Waals surface area contributed by atoms with E-state index >= 15 is 0 Å². The average Bonchev–Trinajstić information content (AvgIpc) is 3.42. The number of nitrogens with one attached hydrogen (secondary N) is 1. The van der Waals surface area contributed by atoms with Gasteiger partial charge in [-0.25, -0.2) is 9.59 Å². The number of benzene rings is 1. The molecule has 0 aliphatic heterocycles. The normalized spacial score (nSPS) is 11.6. The first kappa shape index (κ1) is 27.5. The lowest BCUT2D eigenvalue weighted by molar-refractivity contribution is -0.113. The Hall–Kier alpha value is -3.09. The second-order valence-electron chi connectivity index (χ2n) is 7.38. The van der Waals surface area contributed by atoms with E-state index in [4.69, 9.17) is 25.8 Å². The SMILES string of the molecule is CCn1c(SCC(=O)Nc2sc(C(=O)OC)c(C)c2C(=O)OC)nnc1C(C)Oc1cccc(Cl)c1. The van der Waals surface area contributed by atoms with Gasteiger partial charge < -0.3 is 24.1 Å². The van der Waals surface area contributed by atoms with Gasteiger partial charge in [0.05, 0.1) is 25.5 Å². The van der Waals surface area contributed by atoms with Gasteiger partial charge in [0, 0.05) is 11.6 Å². The number of carbonyl (C=O) groups excluding carboxylic acids is 3. The van der Waals surface area contributed by atoms with Crippen LogP contribution in [0.15, 0.2) is 29.4 Å². The molecule has 2 aromatic heterocycles. The van der Waals surface area contributed by atoms with Crippen LogP contribution in [0.2, 0.25) is 5.02 Å². The smallest absolute Gasteiger partial charge is 0.348 e. The summed E-state index contributed by atoms with van der Waals surface area (Å²) < 4.78 is 17.4. The van der Waals surface area contributed by atoms with Crippen molar-refractivity contribution in [1.82, 2.24) is 14.8 Å². The third kappa shape index (κ3) is 6.18. The number of carbonyl (C=O) groups is 3. The first-order chi connectivity index (χ1) is 17.2. The van der Waals surface area contributed by atoms with E-state index in [1.165, 1.54) is 26.0 Å². The van der Waals surface area contributed by atoms with Gasteiger partial charge in [0.25, 0.3) is 0 Å². The third-order valence-electron chi connectivity index (χ3n) is 5.03. The number of anilines is 1. The molecule has 36 heavy (non-hydrogen) atoms. The number of thioether (sulfide) groups is 1. The van der Waals surface area contributed by atoms with Crippen molar-refractivity contribution in [3.63, 3.8) is 0 Å². The number of methoxy groups -OCH3 is 2. The lowest BCUT2D eigenvalue weighted by Crippen LogP contribution is -2.17. The summed E-state index contributed by atoms with van der Waals surface area (Å²) in [6, 6.07) is 7.07. The first-order valence-corrected chi connectivity index (χ1v) is 13.0. The molecule has 1 aromatic carbocycles. The summed E-state index contributed by atoms with van der Waals surface area (Å²) in [4.78, 5) is 37.3. The standard InChI is InChI=1S/C23H25ClN4O6S2/c1-6-28-19(13(3)34-15-9-7-8-14(24)10-15)26-27-23(28)35-11-16(29)25-20-17(21(30)32-4)12(2)18(36-20)22(31)33-5/h7-10,13H,6,11H2,1-5H3,(H,25,29). The minimum atomic E-state index is -0.661. The van der Waals surface area contributed by atoms with Crippen molar-refractivity contribution in [2.75, 3.05) is 25.3 Å². The molecular weight excluding hydrogens is 528 g/mol. The highest BCUT2D eigenvalue weighted by atomic mass is 35.5. The fourth-order valence-electron chi connectivity index (χ4n) is 3.33. The van der Waals surface area contributed by atoms with Gasteiger partial charge in [0.15, 0.2) is 17.1 Å². The van der Waals surface area contributed by atoms with E-state index in [-0.39, 0.29) is 21.2 Å². The van der Waals surface area contributed by atoms with Crippen LogP contribution in [0.4, 0.5) is 5.00 Å². The van der Waals surface area contributed by atoms with Crippen LogP contribution in [0.25, 0.3) is 0 Å². The van der Waals surface area contributed by atoms with Gasteiger partial charge in [-0.05, 0) is 44.5 Å². The molecule has 0 saturated carbocycles. The van der Waals surface area contributed by atoms with E-state index in [1.54, 1.807) is 31.2 Å². The molecule has 0 saturated heterocycles.